The van der Waals surface area contributed by atoms with Gasteiger partial charge in [0.25, 0.3) is 0 Å². The molecule has 5 fully saturated rings. The lowest BCUT2D eigenvalue weighted by Crippen LogP contribution is -2.72. The molecular weight excluding hydrogens is 425 g/mol. The molecule has 5 aliphatic rings. The number of nitrogens with zero attached hydrogens (tertiary/aromatic N) is 2. The summed E-state index contributed by atoms with van der Waals surface area (Å²) < 4.78 is 6.08. The van der Waals surface area contributed by atoms with Crippen molar-refractivity contribution in [1.29, 1.82) is 0 Å². The lowest BCUT2D eigenvalue weighted by atomic mass is 9.46. The van der Waals surface area contributed by atoms with E-state index in [2.05, 4.69) is 10.2 Å². The second kappa shape index (κ2) is 6.84. The van der Waals surface area contributed by atoms with Crippen molar-refractivity contribution in [1.82, 2.24) is 10.2 Å². The van der Waals surface area contributed by atoms with E-state index in [1.54, 1.807) is 0 Å². The van der Waals surface area contributed by atoms with Crippen LogP contribution in [-0.2, 0) is 4.74 Å². The molecule has 1 N–H and O–H groups in total. The predicted molar refractivity (Wildman–Crippen MR) is 112 cm³/mol. The van der Waals surface area contributed by atoms with Crippen LogP contribution in [0.1, 0.15) is 64.2 Å². The molecule has 0 radical (unpaired) electrons. The zero-order valence-corrected chi connectivity index (χ0v) is 18.0. The zero-order valence-electron chi connectivity index (χ0n) is 15.6. The van der Waals surface area contributed by atoms with Gasteiger partial charge in [-0.3, -0.25) is 4.99 Å². The molecule has 0 amide bonds. The van der Waals surface area contributed by atoms with E-state index >= 15 is 0 Å². The van der Waals surface area contributed by atoms with Gasteiger partial charge in [0.05, 0.1) is 6.10 Å². The summed E-state index contributed by atoms with van der Waals surface area (Å²) in [6.07, 6.45) is 14.4. The molecule has 0 aromatic heterocycles. The van der Waals surface area contributed by atoms with Gasteiger partial charge in [0, 0.05) is 44.1 Å². The first-order valence-corrected chi connectivity index (χ1v) is 10.4. The molecule has 0 bridgehead atoms. The van der Waals surface area contributed by atoms with Crippen molar-refractivity contribution in [3.05, 3.63) is 0 Å². The van der Waals surface area contributed by atoms with Gasteiger partial charge < -0.3 is 15.0 Å². The van der Waals surface area contributed by atoms with Crippen molar-refractivity contribution in [2.75, 3.05) is 26.7 Å². The van der Waals surface area contributed by atoms with Crippen LogP contribution in [0.3, 0.4) is 0 Å². The van der Waals surface area contributed by atoms with Gasteiger partial charge in [0.1, 0.15) is 0 Å². The highest BCUT2D eigenvalue weighted by molar-refractivity contribution is 14.0. The van der Waals surface area contributed by atoms with Crippen LogP contribution in [0.5, 0.6) is 0 Å². The van der Waals surface area contributed by atoms with Gasteiger partial charge in [0.2, 0.25) is 0 Å². The Morgan fingerprint density at radius 3 is 2.56 bits per heavy atom. The van der Waals surface area contributed by atoms with Crippen molar-refractivity contribution in [3.63, 3.8) is 0 Å². The zero-order chi connectivity index (χ0) is 16.2. The molecule has 3 unspecified atom stereocenters. The Kier molecular flexibility index (Phi) is 5.02. The van der Waals surface area contributed by atoms with E-state index in [1.807, 2.05) is 7.05 Å². The number of fused-ring (bicyclic) bond motifs is 2. The predicted octanol–water partition coefficient (Wildman–Crippen LogP) is 3.79. The number of hydrogen-bond acceptors (Lipinski definition) is 2. The summed E-state index contributed by atoms with van der Waals surface area (Å²) in [7, 11) is 1.98. The van der Waals surface area contributed by atoms with Crippen molar-refractivity contribution in [2.24, 2.45) is 21.7 Å². The van der Waals surface area contributed by atoms with Gasteiger partial charge in [-0.25, -0.2) is 0 Å². The van der Waals surface area contributed by atoms with Gasteiger partial charge in [-0.1, -0.05) is 25.7 Å². The number of ether oxygens (including phenoxy) is 1. The van der Waals surface area contributed by atoms with E-state index in [-0.39, 0.29) is 24.0 Å². The average Bonchev–Trinajstić information content (AvgIpc) is 3.14. The molecule has 142 valence electrons. The molecule has 2 heterocycles. The summed E-state index contributed by atoms with van der Waals surface area (Å²) in [6.45, 7) is 3.40. The Bertz CT molecular complexity index is 527. The molecule has 3 saturated carbocycles. The van der Waals surface area contributed by atoms with Crippen LogP contribution < -0.4 is 5.32 Å². The minimum Gasteiger partial charge on any atom is -0.377 e. The molecule has 25 heavy (non-hydrogen) atoms. The van der Waals surface area contributed by atoms with Gasteiger partial charge in [-0.05, 0) is 43.9 Å². The molecule has 0 aromatic rings. The first-order valence-electron chi connectivity index (χ1n) is 10.4. The Balaban J connectivity index is 0.00000157. The Labute approximate surface area is 169 Å². The summed E-state index contributed by atoms with van der Waals surface area (Å²) >= 11 is 0. The summed E-state index contributed by atoms with van der Waals surface area (Å²) in [5, 5.41) is 3.93. The maximum absolute atomic E-state index is 6.08. The lowest BCUT2D eigenvalue weighted by molar-refractivity contribution is -0.171. The van der Waals surface area contributed by atoms with E-state index in [0.717, 1.165) is 12.5 Å². The van der Waals surface area contributed by atoms with Crippen LogP contribution in [-0.4, -0.2) is 49.7 Å². The third-order valence-electron chi connectivity index (χ3n) is 8.18. The fourth-order valence-electron chi connectivity index (χ4n) is 6.72. The highest BCUT2D eigenvalue weighted by Crippen LogP contribution is 2.62. The SMILES string of the molecule is CN=C(NC1C2CCOC2C12CCC2)N1CCC2(CCCCC2)C1.I. The molecule has 3 aliphatic carbocycles. The number of halogens is 1. The largest absolute Gasteiger partial charge is 0.377 e. The molecular formula is C20H34IN3O. The fraction of sp³-hybridized carbons (Fsp3) is 0.950. The van der Waals surface area contributed by atoms with Crippen molar-refractivity contribution in [2.45, 2.75) is 76.4 Å². The average molecular weight is 459 g/mol. The number of aliphatic imine (C=N–C) groups is 1. The summed E-state index contributed by atoms with van der Waals surface area (Å²) in [5.41, 5.74) is 1.04. The minimum absolute atomic E-state index is 0. The highest BCUT2D eigenvalue weighted by Gasteiger charge is 2.67. The third-order valence-corrected chi connectivity index (χ3v) is 8.18. The molecule has 0 aromatic carbocycles. The smallest absolute Gasteiger partial charge is 0.193 e. The van der Waals surface area contributed by atoms with Crippen molar-refractivity contribution in [3.8, 4) is 0 Å². The summed E-state index contributed by atoms with van der Waals surface area (Å²) in [4.78, 5) is 7.27. The van der Waals surface area contributed by atoms with Crippen molar-refractivity contribution < 1.29 is 4.74 Å². The molecule has 5 heteroatoms. The molecule has 4 nitrogen and oxygen atoms in total. The first kappa shape index (κ1) is 18.3. The number of nitrogens with one attached hydrogen (secondary N) is 1. The quantitative estimate of drug-likeness (QED) is 0.368. The van der Waals surface area contributed by atoms with E-state index in [1.165, 1.54) is 83.3 Å². The summed E-state index contributed by atoms with van der Waals surface area (Å²) in [5.74, 6) is 1.91. The molecule has 2 spiro atoms. The number of likely N-dealkylation sites (tertiary alicyclic amines) is 1. The second-order valence-electron chi connectivity index (χ2n) is 9.23. The Morgan fingerprint density at radius 1 is 1.08 bits per heavy atom. The first-order chi connectivity index (χ1) is 11.8. The molecule has 3 atom stereocenters. The van der Waals surface area contributed by atoms with E-state index in [9.17, 15) is 0 Å². The number of rotatable bonds is 1. The lowest BCUT2D eigenvalue weighted by Gasteiger charge is -2.63. The second-order valence-corrected chi connectivity index (χ2v) is 9.23. The van der Waals surface area contributed by atoms with Crippen molar-refractivity contribution >= 4 is 29.9 Å². The van der Waals surface area contributed by atoms with Gasteiger partial charge in [-0.15, -0.1) is 24.0 Å². The van der Waals surface area contributed by atoms with E-state index in [0.29, 0.717) is 23.0 Å². The topological polar surface area (TPSA) is 36.9 Å². The van der Waals surface area contributed by atoms with Gasteiger partial charge in [0.15, 0.2) is 5.96 Å². The molecule has 2 aliphatic heterocycles. The normalized spacial score (nSPS) is 38.0. The van der Waals surface area contributed by atoms with Crippen LogP contribution in [0.15, 0.2) is 4.99 Å². The Morgan fingerprint density at radius 2 is 1.88 bits per heavy atom. The monoisotopic (exact) mass is 459 g/mol. The van der Waals surface area contributed by atoms with E-state index in [4.69, 9.17) is 9.73 Å². The summed E-state index contributed by atoms with van der Waals surface area (Å²) in [6, 6.07) is 0.611. The van der Waals surface area contributed by atoms with Crippen LogP contribution in [0.25, 0.3) is 0 Å². The maximum Gasteiger partial charge on any atom is 0.193 e. The maximum atomic E-state index is 6.08. The number of hydrogen-bond donors (Lipinski definition) is 1. The highest BCUT2D eigenvalue weighted by atomic mass is 127. The molecule has 5 rings (SSSR count). The number of guanidine groups is 1. The van der Waals surface area contributed by atoms with Gasteiger partial charge in [-0.2, -0.15) is 0 Å². The third kappa shape index (κ3) is 2.74. The minimum atomic E-state index is 0. The van der Waals surface area contributed by atoms with Crippen LogP contribution in [0, 0.1) is 16.7 Å². The fourth-order valence-corrected chi connectivity index (χ4v) is 6.72. The van der Waals surface area contributed by atoms with Crippen LogP contribution in [0.2, 0.25) is 0 Å². The van der Waals surface area contributed by atoms with Crippen LogP contribution >= 0.6 is 24.0 Å². The van der Waals surface area contributed by atoms with Crippen LogP contribution in [0.4, 0.5) is 0 Å². The van der Waals surface area contributed by atoms with E-state index < -0.39 is 0 Å². The van der Waals surface area contributed by atoms with Gasteiger partial charge >= 0.3 is 0 Å². The molecule has 2 saturated heterocycles. The Hall–Kier alpha value is -0.0400. The standard InChI is InChI=1S/C20H33N3O.HI/c1-21-18(23-12-11-19(14-23)7-3-2-4-8-19)22-16-15-6-13-24-17(15)20(16)9-5-10-20;/h15-17H,2-14H2,1H3,(H,21,22);1H.